The molecule has 1 unspecified atom stereocenters. The van der Waals surface area contributed by atoms with Crippen LogP contribution in [0.5, 0.6) is 11.5 Å². The molecular formula is C20H33N3O5S2. The number of rotatable bonds is 11. The summed E-state index contributed by atoms with van der Waals surface area (Å²) in [5, 5.41) is 0. The minimum absolute atomic E-state index is 0.0326. The first kappa shape index (κ1) is 24.8. The summed E-state index contributed by atoms with van der Waals surface area (Å²) >= 11 is 1.60. The van der Waals surface area contributed by atoms with Gasteiger partial charge in [0.2, 0.25) is 15.9 Å². The number of benzene rings is 1. The van der Waals surface area contributed by atoms with Crippen LogP contribution in [0, 0.1) is 0 Å². The van der Waals surface area contributed by atoms with Crippen LogP contribution in [0.1, 0.15) is 18.9 Å². The van der Waals surface area contributed by atoms with E-state index in [0.29, 0.717) is 31.0 Å². The molecule has 30 heavy (non-hydrogen) atoms. The number of nitrogens with zero attached hydrogens (tertiary/aromatic N) is 2. The number of carbonyl (C=O) groups excluding carboxylic acids is 1. The predicted molar refractivity (Wildman–Crippen MR) is 121 cm³/mol. The number of amides is 1. The van der Waals surface area contributed by atoms with E-state index in [0.717, 1.165) is 31.0 Å². The number of methoxy groups -OCH3 is 2. The van der Waals surface area contributed by atoms with E-state index in [1.165, 1.54) is 0 Å². The van der Waals surface area contributed by atoms with Crippen molar-refractivity contribution in [2.45, 2.75) is 25.9 Å². The van der Waals surface area contributed by atoms with Gasteiger partial charge in [0.15, 0.2) is 11.5 Å². The lowest BCUT2D eigenvalue weighted by Gasteiger charge is -2.36. The molecule has 1 heterocycles. The van der Waals surface area contributed by atoms with Gasteiger partial charge in [-0.25, -0.2) is 13.1 Å². The highest BCUT2D eigenvalue weighted by Gasteiger charge is 2.29. The van der Waals surface area contributed by atoms with Crippen molar-refractivity contribution in [1.82, 2.24) is 14.5 Å². The van der Waals surface area contributed by atoms with Crippen molar-refractivity contribution in [2.24, 2.45) is 0 Å². The normalized spacial score (nSPS) is 16.3. The molecule has 1 aliphatic rings. The van der Waals surface area contributed by atoms with Crippen molar-refractivity contribution in [3.8, 4) is 11.5 Å². The fourth-order valence-electron chi connectivity index (χ4n) is 3.35. The molecule has 1 aromatic rings. The maximum Gasteiger partial charge on any atom is 0.240 e. The number of thioether (sulfide) groups is 1. The fraction of sp³-hybridized carbons (Fsp3) is 0.650. The third-order valence-corrected chi connectivity index (χ3v) is 7.20. The topological polar surface area (TPSA) is 88.2 Å². The van der Waals surface area contributed by atoms with E-state index in [4.69, 9.17) is 9.47 Å². The Bertz CT molecular complexity index is 796. The zero-order chi connectivity index (χ0) is 22.1. The average Bonchev–Trinajstić information content (AvgIpc) is 2.76. The maximum absolute atomic E-state index is 13.0. The minimum atomic E-state index is -3.44. The second kappa shape index (κ2) is 11.8. The van der Waals surface area contributed by atoms with Crippen molar-refractivity contribution in [1.29, 1.82) is 0 Å². The number of nitrogens with one attached hydrogen (secondary N) is 1. The fourth-order valence-corrected chi connectivity index (χ4v) is 4.64. The third-order valence-electron chi connectivity index (χ3n) is 5.15. The zero-order valence-corrected chi connectivity index (χ0v) is 19.9. The summed E-state index contributed by atoms with van der Waals surface area (Å²) in [6, 6.07) is 5.18. The molecular weight excluding hydrogens is 426 g/mol. The van der Waals surface area contributed by atoms with Gasteiger partial charge in [0.1, 0.15) is 6.04 Å². The molecule has 1 N–H and O–H groups in total. The van der Waals surface area contributed by atoms with E-state index >= 15 is 0 Å². The minimum Gasteiger partial charge on any atom is -0.493 e. The number of sulfonamides is 1. The highest BCUT2D eigenvalue weighted by molar-refractivity contribution is 7.98. The average molecular weight is 460 g/mol. The standard InChI is InChI=1S/C20H33N3O5S2/c1-5-30(25,26)21-17(8-13-29-4)20(24)23-11-9-22(10-12-23)15-16-6-7-18(27-2)19(14-16)28-3/h6-7,14,17,21H,5,8-13,15H2,1-4H3. The first-order valence-electron chi connectivity index (χ1n) is 10.0. The molecule has 0 aliphatic carbocycles. The van der Waals surface area contributed by atoms with Crippen molar-refractivity contribution < 1.29 is 22.7 Å². The van der Waals surface area contributed by atoms with Gasteiger partial charge >= 0.3 is 0 Å². The van der Waals surface area contributed by atoms with Crippen LogP contribution in [-0.2, 0) is 21.4 Å². The van der Waals surface area contributed by atoms with Gasteiger partial charge in [-0.15, -0.1) is 0 Å². The van der Waals surface area contributed by atoms with E-state index in [1.807, 2.05) is 24.5 Å². The van der Waals surface area contributed by atoms with Crippen molar-refractivity contribution in [3.63, 3.8) is 0 Å². The molecule has 0 aromatic heterocycles. The number of hydrogen-bond acceptors (Lipinski definition) is 7. The lowest BCUT2D eigenvalue weighted by molar-refractivity contribution is -0.134. The van der Waals surface area contributed by atoms with Crippen molar-refractivity contribution in [3.05, 3.63) is 23.8 Å². The van der Waals surface area contributed by atoms with E-state index in [2.05, 4.69) is 9.62 Å². The Kier molecular flexibility index (Phi) is 9.73. The van der Waals surface area contributed by atoms with E-state index in [-0.39, 0.29) is 11.7 Å². The summed E-state index contributed by atoms with van der Waals surface area (Å²) < 4.78 is 37.2. The number of piperazine rings is 1. The molecule has 1 aliphatic heterocycles. The monoisotopic (exact) mass is 459 g/mol. The first-order chi connectivity index (χ1) is 14.3. The first-order valence-corrected chi connectivity index (χ1v) is 13.1. The Morgan fingerprint density at radius 3 is 2.40 bits per heavy atom. The lowest BCUT2D eigenvalue weighted by Crippen LogP contribution is -2.55. The molecule has 0 bridgehead atoms. The number of hydrogen-bond donors (Lipinski definition) is 1. The Hall–Kier alpha value is -1.49. The van der Waals surface area contributed by atoms with Crippen LogP contribution >= 0.6 is 11.8 Å². The molecule has 10 heteroatoms. The zero-order valence-electron chi connectivity index (χ0n) is 18.2. The predicted octanol–water partition coefficient (Wildman–Crippen LogP) is 1.41. The van der Waals surface area contributed by atoms with Crippen LogP contribution in [0.15, 0.2) is 18.2 Å². The molecule has 8 nitrogen and oxygen atoms in total. The molecule has 0 spiro atoms. The summed E-state index contributed by atoms with van der Waals surface area (Å²) in [6.07, 6.45) is 2.44. The molecule has 1 fully saturated rings. The molecule has 2 rings (SSSR count). The van der Waals surface area contributed by atoms with Crippen LogP contribution in [0.2, 0.25) is 0 Å². The molecule has 1 aromatic carbocycles. The van der Waals surface area contributed by atoms with Crippen molar-refractivity contribution >= 4 is 27.7 Å². The van der Waals surface area contributed by atoms with Crippen LogP contribution in [0.3, 0.4) is 0 Å². The van der Waals surface area contributed by atoms with E-state index in [9.17, 15) is 13.2 Å². The largest absolute Gasteiger partial charge is 0.493 e. The molecule has 0 saturated carbocycles. The van der Waals surface area contributed by atoms with E-state index < -0.39 is 16.1 Å². The Balaban J connectivity index is 1.95. The van der Waals surface area contributed by atoms with Crippen LogP contribution in [0.4, 0.5) is 0 Å². The van der Waals surface area contributed by atoms with Crippen LogP contribution in [0.25, 0.3) is 0 Å². The molecule has 1 atom stereocenters. The number of carbonyl (C=O) groups is 1. The highest BCUT2D eigenvalue weighted by Crippen LogP contribution is 2.28. The van der Waals surface area contributed by atoms with E-state index in [1.54, 1.807) is 37.8 Å². The summed E-state index contributed by atoms with van der Waals surface area (Å²) in [6.45, 7) is 4.95. The third kappa shape index (κ3) is 7.04. The van der Waals surface area contributed by atoms with Gasteiger partial charge < -0.3 is 14.4 Å². The molecule has 1 amide bonds. The Morgan fingerprint density at radius 2 is 1.83 bits per heavy atom. The summed E-state index contributed by atoms with van der Waals surface area (Å²) in [7, 11) is -0.207. The number of ether oxygens (including phenoxy) is 2. The smallest absolute Gasteiger partial charge is 0.240 e. The molecule has 0 radical (unpaired) electrons. The maximum atomic E-state index is 13.0. The second-order valence-corrected chi connectivity index (χ2v) is 10.2. The SMILES string of the molecule is CCS(=O)(=O)NC(CCSC)C(=O)N1CCN(Cc2ccc(OC)c(OC)c2)CC1. The van der Waals surface area contributed by atoms with Gasteiger partial charge in [-0.2, -0.15) is 11.8 Å². The van der Waals surface area contributed by atoms with Crippen LogP contribution < -0.4 is 14.2 Å². The van der Waals surface area contributed by atoms with Gasteiger partial charge in [-0.3, -0.25) is 9.69 Å². The summed E-state index contributed by atoms with van der Waals surface area (Å²) in [4.78, 5) is 17.0. The lowest BCUT2D eigenvalue weighted by atomic mass is 10.1. The van der Waals surface area contributed by atoms with Gasteiger partial charge in [0.05, 0.1) is 20.0 Å². The van der Waals surface area contributed by atoms with Gasteiger partial charge in [-0.1, -0.05) is 6.07 Å². The Labute approximate surface area is 184 Å². The molecule has 170 valence electrons. The second-order valence-electron chi connectivity index (χ2n) is 7.15. The summed E-state index contributed by atoms with van der Waals surface area (Å²) in [5.74, 6) is 1.95. The highest BCUT2D eigenvalue weighted by atomic mass is 32.2. The quantitative estimate of drug-likeness (QED) is 0.535. The van der Waals surface area contributed by atoms with Gasteiger partial charge in [-0.05, 0) is 43.0 Å². The van der Waals surface area contributed by atoms with Crippen molar-refractivity contribution in [2.75, 3.05) is 58.2 Å². The Morgan fingerprint density at radius 1 is 1.17 bits per heavy atom. The van der Waals surface area contributed by atoms with Gasteiger partial charge in [0, 0.05) is 32.7 Å². The van der Waals surface area contributed by atoms with Gasteiger partial charge in [0.25, 0.3) is 0 Å². The van der Waals surface area contributed by atoms with Crippen LogP contribution in [-0.4, -0.2) is 88.3 Å². The summed E-state index contributed by atoms with van der Waals surface area (Å²) in [5.41, 5.74) is 1.11. The molecule has 1 saturated heterocycles.